The van der Waals surface area contributed by atoms with Gasteiger partial charge in [0.2, 0.25) is 5.91 Å². The molecule has 3 nitrogen and oxygen atoms in total. The maximum Gasteiger partial charge on any atom is 0.416 e. The molecule has 0 unspecified atom stereocenters. The van der Waals surface area contributed by atoms with Crippen LogP contribution in [0.1, 0.15) is 23.2 Å². The first-order valence-corrected chi connectivity index (χ1v) is 9.91. The second-order valence-corrected chi connectivity index (χ2v) is 7.64. The van der Waals surface area contributed by atoms with Crippen LogP contribution in [0.3, 0.4) is 0 Å². The molecule has 0 saturated carbocycles. The van der Waals surface area contributed by atoms with E-state index in [9.17, 15) is 18.0 Å². The number of benzene rings is 2. The van der Waals surface area contributed by atoms with E-state index in [2.05, 4.69) is 5.32 Å². The summed E-state index contributed by atoms with van der Waals surface area (Å²) in [5.74, 6) is -0.214. The third-order valence-corrected chi connectivity index (χ3v) is 5.85. The highest BCUT2D eigenvalue weighted by Gasteiger charge is 2.30. The number of para-hydroxylation sites is 1. The molecule has 1 aliphatic carbocycles. The molecule has 0 saturated heterocycles. The average molecular weight is 402 g/mol. The van der Waals surface area contributed by atoms with Crippen LogP contribution in [0.15, 0.2) is 53.4 Å². The number of fused-ring (bicyclic) bond motifs is 2. The van der Waals surface area contributed by atoms with E-state index in [4.69, 9.17) is 4.98 Å². The number of nitrogens with zero attached hydrogens (tertiary/aromatic N) is 1. The van der Waals surface area contributed by atoms with Gasteiger partial charge in [-0.15, -0.1) is 11.8 Å². The fourth-order valence-corrected chi connectivity index (χ4v) is 4.51. The lowest BCUT2D eigenvalue weighted by molar-refractivity contribution is -0.137. The number of hydrogen-bond acceptors (Lipinski definition) is 3. The number of aryl methyl sites for hydroxylation is 1. The topological polar surface area (TPSA) is 42.0 Å². The number of halogens is 3. The van der Waals surface area contributed by atoms with Crippen molar-refractivity contribution in [3.63, 3.8) is 0 Å². The summed E-state index contributed by atoms with van der Waals surface area (Å²) < 4.78 is 38.5. The number of thioether (sulfide) groups is 1. The standard InChI is InChI=1S/C21H17F3N2OS/c22-21(23,24)13-5-3-6-14(11-13)25-19(27)12-28-20-15-7-1-2-9-17(15)26-18-10-4-8-16(18)20/h1-3,5-7,9,11H,4,8,10,12H2,(H,25,27). The zero-order chi connectivity index (χ0) is 19.7. The van der Waals surface area contributed by atoms with E-state index >= 15 is 0 Å². The van der Waals surface area contributed by atoms with Gasteiger partial charge in [0.15, 0.2) is 0 Å². The number of carbonyl (C=O) groups excluding carboxylic acids is 1. The first-order valence-electron chi connectivity index (χ1n) is 8.92. The van der Waals surface area contributed by atoms with Crippen LogP contribution in [0.5, 0.6) is 0 Å². The molecule has 0 bridgehead atoms. The van der Waals surface area contributed by atoms with Gasteiger partial charge in [-0.25, -0.2) is 0 Å². The highest BCUT2D eigenvalue weighted by atomic mass is 32.2. The Morgan fingerprint density at radius 1 is 1.11 bits per heavy atom. The van der Waals surface area contributed by atoms with E-state index in [0.717, 1.165) is 52.9 Å². The first kappa shape index (κ1) is 18.8. The highest BCUT2D eigenvalue weighted by molar-refractivity contribution is 8.00. The lowest BCUT2D eigenvalue weighted by Gasteiger charge is -2.13. The molecule has 1 aliphatic rings. The lowest BCUT2D eigenvalue weighted by Crippen LogP contribution is -2.15. The Morgan fingerprint density at radius 3 is 2.75 bits per heavy atom. The summed E-state index contributed by atoms with van der Waals surface area (Å²) in [6, 6.07) is 12.5. The van der Waals surface area contributed by atoms with Gasteiger partial charge < -0.3 is 5.32 Å². The Balaban J connectivity index is 1.52. The van der Waals surface area contributed by atoms with E-state index in [-0.39, 0.29) is 17.3 Å². The third-order valence-electron chi connectivity index (χ3n) is 4.69. The zero-order valence-electron chi connectivity index (χ0n) is 14.8. The Morgan fingerprint density at radius 2 is 1.93 bits per heavy atom. The van der Waals surface area contributed by atoms with Crippen molar-refractivity contribution in [2.75, 3.05) is 11.1 Å². The van der Waals surface area contributed by atoms with Crippen LogP contribution >= 0.6 is 11.8 Å². The summed E-state index contributed by atoms with van der Waals surface area (Å²) in [6.45, 7) is 0. The minimum absolute atomic E-state index is 0.122. The number of hydrogen-bond donors (Lipinski definition) is 1. The van der Waals surface area contributed by atoms with Crippen LogP contribution in [0.2, 0.25) is 0 Å². The maximum atomic E-state index is 12.8. The predicted molar refractivity (Wildman–Crippen MR) is 105 cm³/mol. The number of anilines is 1. The van der Waals surface area contributed by atoms with Crippen molar-refractivity contribution in [1.82, 2.24) is 4.98 Å². The summed E-state index contributed by atoms with van der Waals surface area (Å²) in [7, 11) is 0. The molecule has 2 aromatic carbocycles. The highest BCUT2D eigenvalue weighted by Crippen LogP contribution is 2.36. The predicted octanol–water partition coefficient (Wildman–Crippen LogP) is 5.47. The van der Waals surface area contributed by atoms with Crippen LogP contribution in [-0.2, 0) is 23.8 Å². The van der Waals surface area contributed by atoms with Gasteiger partial charge in [0.1, 0.15) is 0 Å². The maximum absolute atomic E-state index is 12.8. The van der Waals surface area contributed by atoms with Crippen LogP contribution in [0.4, 0.5) is 18.9 Å². The second-order valence-electron chi connectivity index (χ2n) is 6.65. The Kier molecular flexibility index (Phi) is 5.02. The van der Waals surface area contributed by atoms with Gasteiger partial charge in [-0.2, -0.15) is 13.2 Å². The quantitative estimate of drug-likeness (QED) is 0.588. The van der Waals surface area contributed by atoms with Crippen LogP contribution in [-0.4, -0.2) is 16.6 Å². The average Bonchev–Trinajstić information content (AvgIpc) is 3.13. The summed E-state index contributed by atoms with van der Waals surface area (Å²) in [6.07, 6.45) is -1.52. The van der Waals surface area contributed by atoms with Crippen LogP contribution in [0.25, 0.3) is 10.9 Å². The summed E-state index contributed by atoms with van der Waals surface area (Å²) in [5.41, 5.74) is 2.54. The van der Waals surface area contributed by atoms with Gasteiger partial charge in [-0.05, 0) is 49.1 Å². The fourth-order valence-electron chi connectivity index (χ4n) is 3.44. The summed E-state index contributed by atoms with van der Waals surface area (Å²) in [4.78, 5) is 18.1. The molecule has 1 amide bonds. The molecule has 0 fully saturated rings. The van der Waals surface area contributed by atoms with E-state index in [1.807, 2.05) is 24.3 Å². The zero-order valence-corrected chi connectivity index (χ0v) is 15.7. The van der Waals surface area contributed by atoms with E-state index in [0.29, 0.717) is 0 Å². The number of amides is 1. The van der Waals surface area contributed by atoms with E-state index in [1.54, 1.807) is 0 Å². The van der Waals surface area contributed by atoms with Crippen molar-refractivity contribution in [3.8, 4) is 0 Å². The molecule has 1 N–H and O–H groups in total. The van der Waals surface area contributed by atoms with Crippen molar-refractivity contribution in [2.45, 2.75) is 30.3 Å². The van der Waals surface area contributed by atoms with Gasteiger partial charge in [0.05, 0.1) is 16.8 Å². The number of aromatic nitrogens is 1. The van der Waals surface area contributed by atoms with Gasteiger partial charge in [0.25, 0.3) is 0 Å². The smallest absolute Gasteiger partial charge is 0.325 e. The SMILES string of the molecule is O=C(CSc1c2c(nc3ccccc13)CCC2)Nc1cccc(C(F)(F)F)c1. The third kappa shape index (κ3) is 3.85. The molecule has 0 spiro atoms. The van der Waals surface area contributed by atoms with Gasteiger partial charge in [0, 0.05) is 21.7 Å². The molecular formula is C21H17F3N2OS. The molecule has 1 aromatic heterocycles. The monoisotopic (exact) mass is 402 g/mol. The molecule has 1 heterocycles. The molecule has 144 valence electrons. The van der Waals surface area contributed by atoms with E-state index < -0.39 is 11.7 Å². The molecule has 4 rings (SSSR count). The Bertz CT molecular complexity index is 1050. The van der Waals surface area contributed by atoms with Crippen molar-refractivity contribution in [3.05, 3.63) is 65.4 Å². The number of alkyl halides is 3. The van der Waals surface area contributed by atoms with Crippen molar-refractivity contribution < 1.29 is 18.0 Å². The molecular weight excluding hydrogens is 385 g/mol. The molecule has 3 aromatic rings. The van der Waals surface area contributed by atoms with Crippen molar-refractivity contribution in [1.29, 1.82) is 0 Å². The minimum atomic E-state index is -4.44. The number of rotatable bonds is 4. The lowest BCUT2D eigenvalue weighted by atomic mass is 10.1. The molecule has 7 heteroatoms. The molecule has 0 radical (unpaired) electrons. The van der Waals surface area contributed by atoms with Crippen LogP contribution < -0.4 is 5.32 Å². The minimum Gasteiger partial charge on any atom is -0.325 e. The van der Waals surface area contributed by atoms with Crippen LogP contribution in [0, 0.1) is 0 Å². The van der Waals surface area contributed by atoms with Crippen molar-refractivity contribution >= 4 is 34.3 Å². The number of nitrogens with one attached hydrogen (secondary N) is 1. The molecule has 0 atom stereocenters. The first-order chi connectivity index (χ1) is 13.4. The normalized spacial score (nSPS) is 13.5. The molecule has 0 aliphatic heterocycles. The van der Waals surface area contributed by atoms with Crippen molar-refractivity contribution in [2.24, 2.45) is 0 Å². The summed E-state index contributed by atoms with van der Waals surface area (Å²) >= 11 is 1.42. The largest absolute Gasteiger partial charge is 0.416 e. The molecule has 28 heavy (non-hydrogen) atoms. The Labute approximate surface area is 164 Å². The second kappa shape index (κ2) is 7.47. The van der Waals surface area contributed by atoms with E-state index in [1.165, 1.54) is 29.5 Å². The number of carbonyl (C=O) groups is 1. The summed E-state index contributed by atoms with van der Waals surface area (Å²) in [5, 5.41) is 3.58. The van der Waals surface area contributed by atoms with Gasteiger partial charge in [-0.3, -0.25) is 9.78 Å². The van der Waals surface area contributed by atoms with Gasteiger partial charge >= 0.3 is 6.18 Å². The fraction of sp³-hybridized carbons (Fsp3) is 0.238. The number of pyridine rings is 1. The Hall–Kier alpha value is -2.54. The van der Waals surface area contributed by atoms with Gasteiger partial charge in [-0.1, -0.05) is 24.3 Å².